The number of carbonyl (C=O) groups excluding carboxylic acids is 1. The van der Waals surface area contributed by atoms with Crippen molar-refractivity contribution in [3.63, 3.8) is 0 Å². The Bertz CT molecular complexity index is 552. The number of ether oxygens (including phenoxy) is 2. The maximum Gasteiger partial charge on any atom is 0.394 e. The predicted octanol–water partition coefficient (Wildman–Crippen LogP) is 2.16. The highest BCUT2D eigenvalue weighted by molar-refractivity contribution is 5.88. The standard InChI is InChI=1S/C12H12FNO4/c1-2-16-5-6-17-12(15)11-14-9-7-8(13)3-4-10(9)18-11/h3-4,7H,2,5-6H2,1H3. The highest BCUT2D eigenvalue weighted by atomic mass is 19.1. The smallest absolute Gasteiger partial charge is 0.394 e. The Morgan fingerprint density at radius 1 is 1.44 bits per heavy atom. The molecule has 18 heavy (non-hydrogen) atoms. The van der Waals surface area contributed by atoms with E-state index >= 15 is 0 Å². The second-order valence-electron chi connectivity index (χ2n) is 3.46. The number of aromatic nitrogens is 1. The number of esters is 1. The van der Waals surface area contributed by atoms with Crippen molar-refractivity contribution in [3.05, 3.63) is 29.9 Å². The van der Waals surface area contributed by atoms with Gasteiger partial charge in [0.1, 0.15) is 17.9 Å². The molecule has 0 fully saturated rings. The molecule has 6 heteroatoms. The van der Waals surface area contributed by atoms with E-state index in [9.17, 15) is 9.18 Å². The summed E-state index contributed by atoms with van der Waals surface area (Å²) < 4.78 is 28.0. The molecule has 0 atom stereocenters. The molecule has 0 spiro atoms. The quantitative estimate of drug-likeness (QED) is 0.603. The highest BCUT2D eigenvalue weighted by Crippen LogP contribution is 2.17. The molecule has 0 aliphatic rings. The Balaban J connectivity index is 2.04. The van der Waals surface area contributed by atoms with E-state index in [2.05, 4.69) is 4.98 Å². The van der Waals surface area contributed by atoms with Gasteiger partial charge < -0.3 is 13.9 Å². The monoisotopic (exact) mass is 253 g/mol. The summed E-state index contributed by atoms with van der Waals surface area (Å²) in [5.74, 6) is -1.31. The van der Waals surface area contributed by atoms with Crippen molar-refractivity contribution in [2.75, 3.05) is 19.8 Å². The first kappa shape index (κ1) is 12.5. The van der Waals surface area contributed by atoms with Crippen molar-refractivity contribution in [2.45, 2.75) is 6.92 Å². The second kappa shape index (κ2) is 5.59. The molecule has 5 nitrogen and oxygen atoms in total. The van der Waals surface area contributed by atoms with Gasteiger partial charge in [0.05, 0.1) is 6.61 Å². The van der Waals surface area contributed by atoms with E-state index in [0.29, 0.717) is 18.8 Å². The highest BCUT2D eigenvalue weighted by Gasteiger charge is 2.16. The fraction of sp³-hybridized carbons (Fsp3) is 0.333. The van der Waals surface area contributed by atoms with Crippen molar-refractivity contribution in [2.24, 2.45) is 0 Å². The molecule has 0 saturated carbocycles. The number of nitrogens with zero attached hydrogens (tertiary/aromatic N) is 1. The van der Waals surface area contributed by atoms with Gasteiger partial charge in [0.15, 0.2) is 5.58 Å². The number of hydrogen-bond acceptors (Lipinski definition) is 5. The maximum atomic E-state index is 12.9. The lowest BCUT2D eigenvalue weighted by atomic mass is 10.3. The summed E-state index contributed by atoms with van der Waals surface area (Å²) in [6, 6.07) is 3.84. The minimum Gasteiger partial charge on any atom is -0.456 e. The van der Waals surface area contributed by atoms with E-state index in [4.69, 9.17) is 13.9 Å². The van der Waals surface area contributed by atoms with Gasteiger partial charge in [0, 0.05) is 12.7 Å². The van der Waals surface area contributed by atoms with Crippen molar-refractivity contribution in [3.8, 4) is 0 Å². The zero-order chi connectivity index (χ0) is 13.0. The van der Waals surface area contributed by atoms with Crippen LogP contribution < -0.4 is 0 Å². The van der Waals surface area contributed by atoms with Crippen LogP contribution in [0.4, 0.5) is 4.39 Å². The number of benzene rings is 1. The van der Waals surface area contributed by atoms with Crippen LogP contribution in [0.2, 0.25) is 0 Å². The summed E-state index contributed by atoms with van der Waals surface area (Å²) in [6.07, 6.45) is 0. The van der Waals surface area contributed by atoms with Crippen LogP contribution in [0, 0.1) is 5.82 Å². The number of hydrogen-bond donors (Lipinski definition) is 0. The fourth-order valence-electron chi connectivity index (χ4n) is 1.39. The van der Waals surface area contributed by atoms with E-state index in [-0.39, 0.29) is 18.0 Å². The molecule has 1 aromatic carbocycles. The molecule has 0 radical (unpaired) electrons. The number of fused-ring (bicyclic) bond motifs is 1. The molecule has 96 valence electrons. The van der Waals surface area contributed by atoms with Gasteiger partial charge in [-0.1, -0.05) is 0 Å². The molecule has 0 N–H and O–H groups in total. The Hall–Kier alpha value is -1.95. The summed E-state index contributed by atoms with van der Waals surface area (Å²) in [5, 5.41) is 0. The second-order valence-corrected chi connectivity index (χ2v) is 3.46. The fourth-order valence-corrected chi connectivity index (χ4v) is 1.39. The van der Waals surface area contributed by atoms with Gasteiger partial charge in [-0.15, -0.1) is 0 Å². The van der Waals surface area contributed by atoms with E-state index in [1.807, 2.05) is 6.92 Å². The summed E-state index contributed by atoms with van der Waals surface area (Å²) in [4.78, 5) is 15.4. The van der Waals surface area contributed by atoms with Crippen LogP contribution >= 0.6 is 0 Å². The van der Waals surface area contributed by atoms with Gasteiger partial charge in [0.25, 0.3) is 0 Å². The summed E-state index contributed by atoms with van der Waals surface area (Å²) >= 11 is 0. The molecular formula is C12H12FNO4. The topological polar surface area (TPSA) is 61.6 Å². The van der Waals surface area contributed by atoms with Gasteiger partial charge in [-0.3, -0.25) is 0 Å². The number of halogens is 1. The van der Waals surface area contributed by atoms with Crippen molar-refractivity contribution in [1.29, 1.82) is 0 Å². The SMILES string of the molecule is CCOCCOC(=O)c1nc2cc(F)ccc2o1. The maximum absolute atomic E-state index is 12.9. The lowest BCUT2D eigenvalue weighted by Crippen LogP contribution is -2.11. The van der Waals surface area contributed by atoms with Crippen LogP contribution in [-0.4, -0.2) is 30.8 Å². The van der Waals surface area contributed by atoms with Gasteiger partial charge in [0.2, 0.25) is 0 Å². The first-order valence-electron chi connectivity index (χ1n) is 5.51. The molecular weight excluding hydrogens is 241 g/mol. The van der Waals surface area contributed by atoms with Crippen LogP contribution in [0.15, 0.2) is 22.6 Å². The number of rotatable bonds is 5. The Morgan fingerprint density at radius 2 is 2.28 bits per heavy atom. The number of carbonyl (C=O) groups is 1. The van der Waals surface area contributed by atoms with Crippen molar-refractivity contribution < 1.29 is 23.1 Å². The van der Waals surface area contributed by atoms with E-state index < -0.39 is 11.8 Å². The molecule has 2 aromatic rings. The molecule has 2 rings (SSSR count). The summed E-state index contributed by atoms with van der Waals surface area (Å²) in [6.45, 7) is 2.84. The van der Waals surface area contributed by atoms with Crippen molar-refractivity contribution in [1.82, 2.24) is 4.98 Å². The van der Waals surface area contributed by atoms with Gasteiger partial charge in [-0.05, 0) is 19.1 Å². The normalized spacial score (nSPS) is 10.8. The van der Waals surface area contributed by atoms with Crippen LogP contribution in [-0.2, 0) is 9.47 Å². The van der Waals surface area contributed by atoms with Crippen LogP contribution in [0.5, 0.6) is 0 Å². The van der Waals surface area contributed by atoms with Crippen molar-refractivity contribution >= 4 is 17.1 Å². The molecule has 1 heterocycles. The lowest BCUT2D eigenvalue weighted by Gasteiger charge is -2.01. The first-order valence-corrected chi connectivity index (χ1v) is 5.51. The largest absolute Gasteiger partial charge is 0.456 e. The third kappa shape index (κ3) is 2.84. The van der Waals surface area contributed by atoms with Gasteiger partial charge in [-0.2, -0.15) is 0 Å². The van der Waals surface area contributed by atoms with Gasteiger partial charge in [-0.25, -0.2) is 14.2 Å². The molecule has 0 bridgehead atoms. The van der Waals surface area contributed by atoms with Crippen LogP contribution in [0.1, 0.15) is 17.6 Å². The molecule has 0 amide bonds. The number of oxazole rings is 1. The van der Waals surface area contributed by atoms with Crippen LogP contribution in [0.25, 0.3) is 11.1 Å². The predicted molar refractivity (Wildman–Crippen MR) is 60.7 cm³/mol. The molecule has 0 saturated heterocycles. The Morgan fingerprint density at radius 3 is 3.06 bits per heavy atom. The van der Waals surface area contributed by atoms with Crippen LogP contribution in [0.3, 0.4) is 0 Å². The average Bonchev–Trinajstić information content (AvgIpc) is 2.77. The zero-order valence-electron chi connectivity index (χ0n) is 9.81. The first-order chi connectivity index (χ1) is 8.70. The average molecular weight is 253 g/mol. The Kier molecular flexibility index (Phi) is 3.88. The van der Waals surface area contributed by atoms with E-state index in [0.717, 1.165) is 0 Å². The zero-order valence-corrected chi connectivity index (χ0v) is 9.81. The van der Waals surface area contributed by atoms with E-state index in [1.54, 1.807) is 0 Å². The summed E-state index contributed by atoms with van der Waals surface area (Å²) in [5.41, 5.74) is 0.625. The molecule has 0 unspecified atom stereocenters. The minimum atomic E-state index is -0.689. The molecule has 0 aliphatic heterocycles. The van der Waals surface area contributed by atoms with E-state index in [1.165, 1.54) is 18.2 Å². The lowest BCUT2D eigenvalue weighted by molar-refractivity contribution is 0.0299. The molecule has 0 aliphatic carbocycles. The molecule has 1 aromatic heterocycles. The third-order valence-electron chi connectivity index (χ3n) is 2.19. The Labute approximate surface area is 103 Å². The minimum absolute atomic E-state index is 0.125. The third-order valence-corrected chi connectivity index (χ3v) is 2.19. The summed E-state index contributed by atoms with van der Waals surface area (Å²) in [7, 11) is 0. The van der Waals surface area contributed by atoms with Gasteiger partial charge >= 0.3 is 11.9 Å².